The molecule has 1 aromatic rings. The van der Waals surface area contributed by atoms with Gasteiger partial charge in [0.15, 0.2) is 5.96 Å². The Balaban J connectivity index is 1.13. The molecule has 4 rings (SSSR count). The predicted octanol–water partition coefficient (Wildman–Crippen LogP) is 3.43. The summed E-state index contributed by atoms with van der Waals surface area (Å²) in [7, 11) is 0. The average molecular weight is 443 g/mol. The van der Waals surface area contributed by atoms with Gasteiger partial charge >= 0.3 is 0 Å². The Hall–Kier alpha value is -1.63. The van der Waals surface area contributed by atoms with Crippen LogP contribution in [-0.2, 0) is 16.0 Å². The summed E-state index contributed by atoms with van der Waals surface area (Å²) in [6, 6.07) is 11.2. The molecule has 6 heteroatoms. The summed E-state index contributed by atoms with van der Waals surface area (Å²) < 4.78 is 12.1. The van der Waals surface area contributed by atoms with E-state index in [0.29, 0.717) is 24.2 Å². The number of hydrogen-bond donors (Lipinski definition) is 2. The molecule has 1 aromatic carbocycles. The van der Waals surface area contributed by atoms with E-state index in [2.05, 4.69) is 66.6 Å². The van der Waals surface area contributed by atoms with Gasteiger partial charge in [0.05, 0.1) is 12.2 Å². The van der Waals surface area contributed by atoms with E-state index in [-0.39, 0.29) is 5.41 Å². The first kappa shape index (κ1) is 23.5. The van der Waals surface area contributed by atoms with Crippen molar-refractivity contribution < 1.29 is 9.47 Å². The maximum absolute atomic E-state index is 6.17. The van der Waals surface area contributed by atoms with Crippen LogP contribution in [0.15, 0.2) is 35.3 Å². The van der Waals surface area contributed by atoms with Crippen molar-refractivity contribution >= 4 is 5.96 Å². The fraction of sp³-hybridized carbons (Fsp3) is 0.731. The second-order valence-electron chi connectivity index (χ2n) is 10.1. The highest BCUT2D eigenvalue weighted by atomic mass is 16.5. The van der Waals surface area contributed by atoms with Crippen LogP contribution in [0.2, 0.25) is 0 Å². The fourth-order valence-corrected chi connectivity index (χ4v) is 5.67. The lowest BCUT2D eigenvalue weighted by Crippen LogP contribution is -2.67. The molecule has 32 heavy (non-hydrogen) atoms. The lowest BCUT2D eigenvalue weighted by molar-refractivity contribution is -0.106. The first-order valence-electron chi connectivity index (χ1n) is 12.6. The normalized spacial score (nSPS) is 28.2. The first-order valence-corrected chi connectivity index (χ1v) is 12.6. The Labute approximate surface area is 194 Å². The van der Waals surface area contributed by atoms with Gasteiger partial charge in [0.2, 0.25) is 0 Å². The van der Waals surface area contributed by atoms with E-state index in [4.69, 9.17) is 14.5 Å². The molecule has 2 N–H and O–H groups in total. The number of benzene rings is 1. The highest BCUT2D eigenvalue weighted by Crippen LogP contribution is 2.52. The van der Waals surface area contributed by atoms with Crippen molar-refractivity contribution in [2.24, 2.45) is 16.3 Å². The molecule has 0 radical (unpaired) electrons. The van der Waals surface area contributed by atoms with Crippen LogP contribution in [-0.4, -0.2) is 68.5 Å². The van der Waals surface area contributed by atoms with Crippen LogP contribution in [0.4, 0.5) is 0 Å². The minimum Gasteiger partial charge on any atom is -0.378 e. The van der Waals surface area contributed by atoms with E-state index < -0.39 is 0 Å². The Morgan fingerprint density at radius 2 is 1.97 bits per heavy atom. The standard InChI is InChI=1S/C26H42N4O2/c1-4-27-25(29-23-22-13-18-32-24(22)26(23,2)3)28-14-8-17-31-21-11-15-30(16-12-21)19-20-9-6-5-7-10-20/h5-7,9-10,21-24H,4,8,11-19H2,1-3H3,(H2,27,28,29). The van der Waals surface area contributed by atoms with Crippen LogP contribution in [0, 0.1) is 11.3 Å². The van der Waals surface area contributed by atoms with E-state index in [1.807, 2.05) is 0 Å². The first-order chi connectivity index (χ1) is 15.6. The molecular formula is C26H42N4O2. The molecule has 3 fully saturated rings. The molecule has 0 amide bonds. The van der Waals surface area contributed by atoms with E-state index in [1.54, 1.807) is 0 Å². The van der Waals surface area contributed by atoms with Gasteiger partial charge in [0.25, 0.3) is 0 Å². The third-order valence-electron chi connectivity index (χ3n) is 7.45. The van der Waals surface area contributed by atoms with E-state index >= 15 is 0 Å². The van der Waals surface area contributed by atoms with Crippen molar-refractivity contribution in [1.82, 2.24) is 15.5 Å². The molecule has 1 aliphatic carbocycles. The molecule has 2 heterocycles. The second-order valence-corrected chi connectivity index (χ2v) is 10.1. The van der Waals surface area contributed by atoms with Crippen LogP contribution in [0.25, 0.3) is 0 Å². The maximum Gasteiger partial charge on any atom is 0.191 e. The molecule has 0 aromatic heterocycles. The van der Waals surface area contributed by atoms with Crippen molar-refractivity contribution in [3.63, 3.8) is 0 Å². The maximum atomic E-state index is 6.17. The predicted molar refractivity (Wildman–Crippen MR) is 130 cm³/mol. The molecule has 178 valence electrons. The van der Waals surface area contributed by atoms with Gasteiger partial charge in [-0.2, -0.15) is 0 Å². The Bertz CT molecular complexity index is 731. The molecule has 2 saturated heterocycles. The number of guanidine groups is 1. The third-order valence-corrected chi connectivity index (χ3v) is 7.45. The van der Waals surface area contributed by atoms with Crippen LogP contribution in [0.3, 0.4) is 0 Å². The number of nitrogens with one attached hydrogen (secondary N) is 2. The van der Waals surface area contributed by atoms with Crippen LogP contribution >= 0.6 is 0 Å². The third kappa shape index (κ3) is 5.64. The lowest BCUT2D eigenvalue weighted by atomic mass is 9.57. The number of ether oxygens (including phenoxy) is 2. The Morgan fingerprint density at radius 3 is 2.72 bits per heavy atom. The SMILES string of the molecule is CCNC(=NCCCOC1CCN(Cc2ccccc2)CC1)NC1C2CCOC2C1(C)C. The largest absolute Gasteiger partial charge is 0.378 e. The fourth-order valence-electron chi connectivity index (χ4n) is 5.67. The summed E-state index contributed by atoms with van der Waals surface area (Å²) in [6.07, 6.45) is 5.17. The number of rotatable bonds is 9. The molecule has 6 nitrogen and oxygen atoms in total. The smallest absolute Gasteiger partial charge is 0.191 e. The molecule has 2 aliphatic heterocycles. The number of aliphatic imine (C=N–C) groups is 1. The Kier molecular flexibility index (Phi) is 8.08. The number of fused-ring (bicyclic) bond motifs is 1. The zero-order chi connectivity index (χ0) is 22.4. The molecule has 3 aliphatic rings. The van der Waals surface area contributed by atoms with Crippen molar-refractivity contribution in [1.29, 1.82) is 0 Å². The molecular weight excluding hydrogens is 400 g/mol. The zero-order valence-corrected chi connectivity index (χ0v) is 20.2. The van der Waals surface area contributed by atoms with Gasteiger partial charge in [-0.25, -0.2) is 0 Å². The molecule has 0 bridgehead atoms. The van der Waals surface area contributed by atoms with Crippen molar-refractivity contribution in [3.8, 4) is 0 Å². The second kappa shape index (κ2) is 11.0. The number of piperidine rings is 1. The van der Waals surface area contributed by atoms with Gasteiger partial charge in [-0.1, -0.05) is 44.2 Å². The number of nitrogens with zero attached hydrogens (tertiary/aromatic N) is 2. The molecule has 3 unspecified atom stereocenters. The van der Waals surface area contributed by atoms with E-state index in [1.165, 1.54) is 5.56 Å². The molecule has 3 atom stereocenters. The minimum absolute atomic E-state index is 0.163. The van der Waals surface area contributed by atoms with Crippen LogP contribution in [0.5, 0.6) is 0 Å². The Morgan fingerprint density at radius 1 is 1.19 bits per heavy atom. The summed E-state index contributed by atoms with van der Waals surface area (Å²) in [6.45, 7) is 13.4. The van der Waals surface area contributed by atoms with Gasteiger partial charge in [0.1, 0.15) is 0 Å². The summed E-state index contributed by atoms with van der Waals surface area (Å²) in [4.78, 5) is 7.36. The monoisotopic (exact) mass is 442 g/mol. The highest BCUT2D eigenvalue weighted by Gasteiger charge is 2.59. The van der Waals surface area contributed by atoms with Crippen molar-refractivity contribution in [2.75, 3.05) is 39.4 Å². The summed E-state index contributed by atoms with van der Waals surface area (Å²) in [5.41, 5.74) is 1.56. The van der Waals surface area contributed by atoms with Crippen molar-refractivity contribution in [3.05, 3.63) is 35.9 Å². The highest BCUT2D eigenvalue weighted by molar-refractivity contribution is 5.80. The molecule has 1 saturated carbocycles. The summed E-state index contributed by atoms with van der Waals surface area (Å²) in [5.74, 6) is 1.55. The van der Waals surface area contributed by atoms with Gasteiger partial charge in [0, 0.05) is 63.3 Å². The van der Waals surface area contributed by atoms with Gasteiger partial charge in [-0.3, -0.25) is 9.89 Å². The minimum atomic E-state index is 0.163. The number of likely N-dealkylation sites (tertiary alicyclic amines) is 1. The van der Waals surface area contributed by atoms with E-state index in [9.17, 15) is 0 Å². The van der Waals surface area contributed by atoms with Gasteiger partial charge < -0.3 is 20.1 Å². The van der Waals surface area contributed by atoms with E-state index in [0.717, 1.165) is 77.6 Å². The van der Waals surface area contributed by atoms with Gasteiger partial charge in [-0.05, 0) is 38.2 Å². The number of hydrogen-bond acceptors (Lipinski definition) is 4. The van der Waals surface area contributed by atoms with Gasteiger partial charge in [-0.15, -0.1) is 0 Å². The zero-order valence-electron chi connectivity index (χ0n) is 20.2. The quantitative estimate of drug-likeness (QED) is 0.349. The summed E-state index contributed by atoms with van der Waals surface area (Å²) in [5, 5.41) is 7.11. The van der Waals surface area contributed by atoms with Crippen molar-refractivity contribution in [2.45, 2.75) is 71.2 Å². The van der Waals surface area contributed by atoms with Crippen LogP contribution in [0.1, 0.15) is 52.0 Å². The molecule has 0 spiro atoms. The van der Waals surface area contributed by atoms with Crippen LogP contribution < -0.4 is 10.6 Å². The topological polar surface area (TPSA) is 58.1 Å². The summed E-state index contributed by atoms with van der Waals surface area (Å²) >= 11 is 0. The lowest BCUT2D eigenvalue weighted by Gasteiger charge is -2.54. The average Bonchev–Trinajstić information content (AvgIpc) is 3.26.